The van der Waals surface area contributed by atoms with Gasteiger partial charge < -0.3 is 14.3 Å². The number of rotatable bonds is 7. The molecule has 0 aliphatic heterocycles. The van der Waals surface area contributed by atoms with Crippen molar-refractivity contribution in [2.24, 2.45) is 7.05 Å². The number of benzene rings is 1. The normalized spacial score (nSPS) is 12.4. The van der Waals surface area contributed by atoms with Crippen molar-refractivity contribution in [3.05, 3.63) is 77.8 Å². The molecule has 0 aliphatic rings. The quantitative estimate of drug-likeness (QED) is 0.724. The maximum atomic E-state index is 5.79. The van der Waals surface area contributed by atoms with E-state index in [1.54, 1.807) is 0 Å². The van der Waals surface area contributed by atoms with Gasteiger partial charge in [0, 0.05) is 38.3 Å². The van der Waals surface area contributed by atoms with Crippen molar-refractivity contribution >= 4 is 0 Å². The number of aryl methyl sites for hydroxylation is 2. The topological polar surface area (TPSA) is 43.0 Å². The predicted octanol–water partition coefficient (Wildman–Crippen LogP) is 3.65. The van der Waals surface area contributed by atoms with Gasteiger partial charge in [-0.3, -0.25) is 0 Å². The number of nitrogens with zero attached hydrogens (tertiary/aromatic N) is 2. The van der Waals surface area contributed by atoms with Crippen LogP contribution in [0.3, 0.4) is 0 Å². The first-order valence-electron chi connectivity index (χ1n) is 8.08. The molecule has 120 valence electrons. The molecule has 1 N–H and O–H groups in total. The van der Waals surface area contributed by atoms with E-state index < -0.39 is 0 Å². The molecule has 3 rings (SSSR count). The molecule has 1 atom stereocenters. The third kappa shape index (κ3) is 3.90. The number of furan rings is 1. The molecule has 1 aromatic carbocycles. The summed E-state index contributed by atoms with van der Waals surface area (Å²) in [6.07, 6.45) is 5.60. The monoisotopic (exact) mass is 309 g/mol. The minimum absolute atomic E-state index is 0.201. The zero-order valence-corrected chi connectivity index (χ0v) is 13.7. The number of nitrogens with one attached hydrogen (secondary N) is 1. The Bertz CT molecular complexity index is 730. The van der Waals surface area contributed by atoms with Crippen LogP contribution in [0.5, 0.6) is 0 Å². The number of hydrogen-bond acceptors (Lipinski definition) is 3. The Morgan fingerprint density at radius 3 is 2.57 bits per heavy atom. The maximum Gasteiger partial charge on any atom is 0.117 e. The standard InChI is InChI=1S/C19H23N3O/c1-3-16-9-10-17(23-16)14-21-18(15-7-5-4-6-8-15)13-19-20-11-12-22(19)2/h4-12,18,21H,3,13-14H2,1-2H3/t18-/m1/s1. The molecule has 0 unspecified atom stereocenters. The summed E-state index contributed by atoms with van der Waals surface area (Å²) in [5.74, 6) is 3.07. The summed E-state index contributed by atoms with van der Waals surface area (Å²) in [7, 11) is 2.03. The molecule has 4 nitrogen and oxygen atoms in total. The van der Waals surface area contributed by atoms with E-state index in [4.69, 9.17) is 4.42 Å². The van der Waals surface area contributed by atoms with Gasteiger partial charge in [-0.1, -0.05) is 37.3 Å². The molecule has 0 bridgehead atoms. The van der Waals surface area contributed by atoms with E-state index in [0.717, 1.165) is 30.2 Å². The first-order chi connectivity index (χ1) is 11.3. The average Bonchev–Trinajstić information content (AvgIpc) is 3.21. The van der Waals surface area contributed by atoms with Crippen molar-refractivity contribution in [2.45, 2.75) is 32.4 Å². The van der Waals surface area contributed by atoms with Crippen molar-refractivity contribution in [1.29, 1.82) is 0 Å². The van der Waals surface area contributed by atoms with E-state index in [9.17, 15) is 0 Å². The van der Waals surface area contributed by atoms with Crippen molar-refractivity contribution in [1.82, 2.24) is 14.9 Å². The fourth-order valence-electron chi connectivity index (χ4n) is 2.70. The SMILES string of the molecule is CCc1ccc(CN[C@H](Cc2nccn2C)c2ccccc2)o1. The van der Waals surface area contributed by atoms with Crippen LogP contribution in [0.25, 0.3) is 0 Å². The van der Waals surface area contributed by atoms with Gasteiger partial charge in [0.1, 0.15) is 17.3 Å². The van der Waals surface area contributed by atoms with Gasteiger partial charge in [0.15, 0.2) is 0 Å². The highest BCUT2D eigenvalue weighted by Gasteiger charge is 2.15. The van der Waals surface area contributed by atoms with Gasteiger partial charge in [0.2, 0.25) is 0 Å². The lowest BCUT2D eigenvalue weighted by Gasteiger charge is -2.18. The van der Waals surface area contributed by atoms with Crippen LogP contribution in [0.2, 0.25) is 0 Å². The Morgan fingerprint density at radius 1 is 1.13 bits per heavy atom. The summed E-state index contributed by atoms with van der Waals surface area (Å²) in [4.78, 5) is 4.45. The lowest BCUT2D eigenvalue weighted by Crippen LogP contribution is -2.24. The van der Waals surface area contributed by atoms with Crippen LogP contribution >= 0.6 is 0 Å². The first-order valence-corrected chi connectivity index (χ1v) is 8.08. The lowest BCUT2D eigenvalue weighted by molar-refractivity contribution is 0.423. The van der Waals surface area contributed by atoms with Gasteiger partial charge >= 0.3 is 0 Å². The van der Waals surface area contributed by atoms with Crippen LogP contribution in [-0.2, 0) is 26.4 Å². The molecule has 23 heavy (non-hydrogen) atoms. The Labute approximate surface area is 137 Å². The molecule has 0 amide bonds. The predicted molar refractivity (Wildman–Crippen MR) is 91.0 cm³/mol. The average molecular weight is 309 g/mol. The van der Waals surface area contributed by atoms with Crippen LogP contribution < -0.4 is 5.32 Å². The van der Waals surface area contributed by atoms with Gasteiger partial charge in [-0.15, -0.1) is 0 Å². The Kier molecular flexibility index (Phi) is 4.93. The lowest BCUT2D eigenvalue weighted by atomic mass is 10.0. The molecule has 4 heteroatoms. The van der Waals surface area contributed by atoms with Gasteiger partial charge in [0.05, 0.1) is 6.54 Å². The van der Waals surface area contributed by atoms with E-state index in [-0.39, 0.29) is 6.04 Å². The highest BCUT2D eigenvalue weighted by atomic mass is 16.3. The van der Waals surface area contributed by atoms with Crippen LogP contribution in [0, 0.1) is 0 Å². The highest BCUT2D eigenvalue weighted by molar-refractivity contribution is 5.20. The van der Waals surface area contributed by atoms with E-state index in [1.165, 1.54) is 5.56 Å². The third-order valence-electron chi connectivity index (χ3n) is 4.10. The van der Waals surface area contributed by atoms with Crippen LogP contribution in [0.1, 0.15) is 35.9 Å². The summed E-state index contributed by atoms with van der Waals surface area (Å²) >= 11 is 0. The third-order valence-corrected chi connectivity index (χ3v) is 4.10. The zero-order valence-electron chi connectivity index (χ0n) is 13.7. The minimum atomic E-state index is 0.201. The summed E-state index contributed by atoms with van der Waals surface area (Å²) in [6.45, 7) is 2.81. The summed E-state index contributed by atoms with van der Waals surface area (Å²) in [5.41, 5.74) is 1.26. The van der Waals surface area contributed by atoms with Crippen molar-refractivity contribution in [3.8, 4) is 0 Å². The van der Waals surface area contributed by atoms with E-state index in [1.807, 2.05) is 31.6 Å². The summed E-state index contributed by atoms with van der Waals surface area (Å²) < 4.78 is 7.86. The summed E-state index contributed by atoms with van der Waals surface area (Å²) in [6, 6.07) is 14.8. The number of hydrogen-bond donors (Lipinski definition) is 1. The Hall–Kier alpha value is -2.33. The molecule has 3 aromatic rings. The molecule has 2 heterocycles. The summed E-state index contributed by atoms with van der Waals surface area (Å²) in [5, 5.41) is 3.61. The second-order valence-electron chi connectivity index (χ2n) is 5.72. The second-order valence-corrected chi connectivity index (χ2v) is 5.72. The van der Waals surface area contributed by atoms with Crippen molar-refractivity contribution in [2.75, 3.05) is 0 Å². The number of imidazole rings is 1. The molecular weight excluding hydrogens is 286 g/mol. The Morgan fingerprint density at radius 2 is 1.91 bits per heavy atom. The zero-order chi connectivity index (χ0) is 16.1. The Balaban J connectivity index is 1.73. The maximum absolute atomic E-state index is 5.79. The molecule has 2 aromatic heterocycles. The largest absolute Gasteiger partial charge is 0.465 e. The van der Waals surface area contributed by atoms with Gasteiger partial charge in [-0.25, -0.2) is 4.98 Å². The number of aromatic nitrogens is 2. The first kappa shape index (κ1) is 15.6. The van der Waals surface area contributed by atoms with Crippen molar-refractivity contribution < 1.29 is 4.42 Å². The van der Waals surface area contributed by atoms with E-state index >= 15 is 0 Å². The van der Waals surface area contributed by atoms with Crippen molar-refractivity contribution in [3.63, 3.8) is 0 Å². The van der Waals surface area contributed by atoms with E-state index in [2.05, 4.69) is 52.1 Å². The highest BCUT2D eigenvalue weighted by Crippen LogP contribution is 2.19. The fourth-order valence-corrected chi connectivity index (χ4v) is 2.70. The van der Waals surface area contributed by atoms with Crippen LogP contribution in [0.15, 0.2) is 59.3 Å². The van der Waals surface area contributed by atoms with Gasteiger partial charge in [-0.05, 0) is 17.7 Å². The molecule has 0 aliphatic carbocycles. The van der Waals surface area contributed by atoms with Crippen LogP contribution in [-0.4, -0.2) is 9.55 Å². The molecule has 0 saturated carbocycles. The second kappa shape index (κ2) is 7.29. The minimum Gasteiger partial charge on any atom is -0.465 e. The molecular formula is C19H23N3O. The smallest absolute Gasteiger partial charge is 0.117 e. The van der Waals surface area contributed by atoms with Crippen LogP contribution in [0.4, 0.5) is 0 Å². The fraction of sp³-hybridized carbons (Fsp3) is 0.316. The van der Waals surface area contributed by atoms with Gasteiger partial charge in [-0.2, -0.15) is 0 Å². The van der Waals surface area contributed by atoms with Gasteiger partial charge in [0.25, 0.3) is 0 Å². The van der Waals surface area contributed by atoms with E-state index in [0.29, 0.717) is 6.54 Å². The molecule has 0 saturated heterocycles. The molecule has 0 spiro atoms. The molecule has 0 radical (unpaired) electrons. The molecule has 0 fully saturated rings.